The molecule has 1 N–H and O–H groups in total. The highest BCUT2D eigenvalue weighted by Crippen LogP contribution is 2.28. The van der Waals surface area contributed by atoms with Crippen molar-refractivity contribution in [2.24, 2.45) is 0 Å². The molecule has 0 saturated carbocycles. The molecule has 36 heavy (non-hydrogen) atoms. The predicted octanol–water partition coefficient (Wildman–Crippen LogP) is 7.15. The number of rotatable bonds is 11. The molecular formula is C28H29BrCl2N2O2S. The first-order chi connectivity index (χ1) is 17.2. The van der Waals surface area contributed by atoms with Gasteiger partial charge in [-0.1, -0.05) is 87.7 Å². The Morgan fingerprint density at radius 1 is 0.917 bits per heavy atom. The van der Waals surface area contributed by atoms with E-state index in [1.807, 2.05) is 68.4 Å². The van der Waals surface area contributed by atoms with Crippen molar-refractivity contribution in [3.05, 3.63) is 104 Å². The van der Waals surface area contributed by atoms with E-state index < -0.39 is 6.04 Å². The molecule has 0 heterocycles. The van der Waals surface area contributed by atoms with Crippen LogP contribution in [0, 0.1) is 0 Å². The zero-order chi connectivity index (χ0) is 26.1. The van der Waals surface area contributed by atoms with Gasteiger partial charge in [-0.3, -0.25) is 9.59 Å². The van der Waals surface area contributed by atoms with Crippen LogP contribution in [0.15, 0.2) is 77.3 Å². The highest BCUT2D eigenvalue weighted by molar-refractivity contribution is 9.10. The smallest absolute Gasteiger partial charge is 0.243 e. The summed E-state index contributed by atoms with van der Waals surface area (Å²) in [4.78, 5) is 28.7. The molecule has 0 aliphatic carbocycles. The van der Waals surface area contributed by atoms with Gasteiger partial charge in [-0.05, 0) is 54.8 Å². The lowest BCUT2D eigenvalue weighted by Gasteiger charge is -2.32. The van der Waals surface area contributed by atoms with Crippen molar-refractivity contribution in [1.29, 1.82) is 0 Å². The molecule has 0 aromatic heterocycles. The summed E-state index contributed by atoms with van der Waals surface area (Å²) in [6.07, 6.45) is 0.419. The molecule has 3 rings (SSSR count). The van der Waals surface area contributed by atoms with Gasteiger partial charge in [0.2, 0.25) is 11.8 Å². The molecule has 1 unspecified atom stereocenters. The van der Waals surface area contributed by atoms with Gasteiger partial charge in [0.15, 0.2) is 0 Å². The van der Waals surface area contributed by atoms with Gasteiger partial charge < -0.3 is 10.2 Å². The number of hydrogen-bond donors (Lipinski definition) is 1. The lowest BCUT2D eigenvalue weighted by Crippen LogP contribution is -2.52. The molecule has 0 spiro atoms. The molecule has 0 bridgehead atoms. The van der Waals surface area contributed by atoms with Crippen LogP contribution in [0.4, 0.5) is 0 Å². The van der Waals surface area contributed by atoms with E-state index in [0.29, 0.717) is 28.8 Å². The fraction of sp³-hybridized carbons (Fsp3) is 0.286. The van der Waals surface area contributed by atoms with Crippen molar-refractivity contribution < 1.29 is 9.59 Å². The molecular weight excluding hydrogens is 579 g/mol. The third-order valence-corrected chi connectivity index (χ3v) is 7.68. The predicted molar refractivity (Wildman–Crippen MR) is 155 cm³/mol. The van der Waals surface area contributed by atoms with Gasteiger partial charge in [0.05, 0.1) is 5.75 Å². The summed E-state index contributed by atoms with van der Waals surface area (Å²) in [5.41, 5.74) is 2.74. The van der Waals surface area contributed by atoms with Crippen molar-refractivity contribution in [3.63, 3.8) is 0 Å². The molecule has 0 radical (unpaired) electrons. The van der Waals surface area contributed by atoms with Crippen LogP contribution in [0.2, 0.25) is 10.0 Å². The summed E-state index contributed by atoms with van der Waals surface area (Å²) in [7, 11) is 0. The molecule has 8 heteroatoms. The molecule has 3 aromatic rings. The Hall–Kier alpha value is -1.99. The number of hydrogen-bond acceptors (Lipinski definition) is 3. The van der Waals surface area contributed by atoms with Crippen LogP contribution < -0.4 is 5.32 Å². The summed E-state index contributed by atoms with van der Waals surface area (Å²) in [5, 5.41) is 4.16. The Bertz CT molecular complexity index is 1140. The molecule has 0 fully saturated rings. The Morgan fingerprint density at radius 3 is 2.17 bits per heavy atom. The molecule has 3 aromatic carbocycles. The van der Waals surface area contributed by atoms with E-state index in [-0.39, 0.29) is 23.6 Å². The fourth-order valence-electron chi connectivity index (χ4n) is 3.71. The second kappa shape index (κ2) is 14.1. The third-order valence-electron chi connectivity index (χ3n) is 5.50. The number of nitrogens with one attached hydrogen (secondary N) is 1. The van der Waals surface area contributed by atoms with E-state index >= 15 is 0 Å². The Labute approximate surface area is 235 Å². The van der Waals surface area contributed by atoms with Gasteiger partial charge in [-0.25, -0.2) is 0 Å². The standard InChI is InChI=1S/C28H29BrCl2N2O2S/c1-19(2)32-28(35)26(15-20-7-4-3-5-8-20)33(16-21-11-13-22(29)14-12-21)27(34)18-36-17-23-24(30)9-6-10-25(23)31/h3-14,19,26H,15-18H2,1-2H3,(H,32,35). The number of carbonyl (C=O) groups excluding carboxylic acids is 2. The van der Waals surface area contributed by atoms with Crippen molar-refractivity contribution in [2.75, 3.05) is 5.75 Å². The molecule has 0 aliphatic heterocycles. The number of nitrogens with zero attached hydrogens (tertiary/aromatic N) is 1. The fourth-order valence-corrected chi connectivity index (χ4v) is 5.63. The van der Waals surface area contributed by atoms with E-state index in [1.54, 1.807) is 23.1 Å². The summed E-state index contributed by atoms with van der Waals surface area (Å²) < 4.78 is 0.953. The quantitative estimate of drug-likeness (QED) is 0.252. The number of benzene rings is 3. The van der Waals surface area contributed by atoms with Gasteiger partial charge in [0.25, 0.3) is 0 Å². The minimum atomic E-state index is -0.657. The monoisotopic (exact) mass is 606 g/mol. The summed E-state index contributed by atoms with van der Waals surface area (Å²) in [6, 6.07) is 22.2. The minimum absolute atomic E-state index is 0.0443. The largest absolute Gasteiger partial charge is 0.352 e. The average Bonchev–Trinajstić information content (AvgIpc) is 2.84. The Balaban J connectivity index is 1.86. The van der Waals surface area contributed by atoms with Crippen LogP contribution >= 0.6 is 50.9 Å². The van der Waals surface area contributed by atoms with Crippen molar-refractivity contribution in [3.8, 4) is 0 Å². The third kappa shape index (κ3) is 8.55. The maximum absolute atomic E-state index is 13.6. The van der Waals surface area contributed by atoms with Gasteiger partial charge in [-0.2, -0.15) is 0 Å². The Kier molecular flexibility index (Phi) is 11.2. The van der Waals surface area contributed by atoms with E-state index in [0.717, 1.165) is 21.2 Å². The second-order valence-electron chi connectivity index (χ2n) is 8.71. The first kappa shape index (κ1) is 28.6. The summed E-state index contributed by atoms with van der Waals surface area (Å²) in [6.45, 7) is 4.16. The van der Waals surface area contributed by atoms with Gasteiger partial charge in [-0.15, -0.1) is 11.8 Å². The average molecular weight is 608 g/mol. The van der Waals surface area contributed by atoms with Crippen molar-refractivity contribution in [2.45, 2.75) is 44.6 Å². The van der Waals surface area contributed by atoms with E-state index in [2.05, 4.69) is 21.2 Å². The lowest BCUT2D eigenvalue weighted by molar-refractivity contribution is -0.139. The number of halogens is 3. The molecule has 0 saturated heterocycles. The number of thioether (sulfide) groups is 1. The van der Waals surface area contributed by atoms with Crippen molar-refractivity contribution in [1.82, 2.24) is 10.2 Å². The van der Waals surface area contributed by atoms with Crippen LogP contribution in [0.3, 0.4) is 0 Å². The maximum Gasteiger partial charge on any atom is 0.243 e. The van der Waals surface area contributed by atoms with E-state index in [9.17, 15) is 9.59 Å². The Morgan fingerprint density at radius 2 is 1.56 bits per heavy atom. The zero-order valence-electron chi connectivity index (χ0n) is 20.2. The molecule has 0 aliphatic rings. The maximum atomic E-state index is 13.6. The molecule has 4 nitrogen and oxygen atoms in total. The lowest BCUT2D eigenvalue weighted by atomic mass is 10.0. The van der Waals surface area contributed by atoms with Crippen molar-refractivity contribution >= 4 is 62.7 Å². The molecule has 1 atom stereocenters. The topological polar surface area (TPSA) is 49.4 Å². The zero-order valence-corrected chi connectivity index (χ0v) is 24.1. The first-order valence-corrected chi connectivity index (χ1v) is 14.3. The van der Waals surface area contributed by atoms with Gasteiger partial charge in [0, 0.05) is 39.3 Å². The first-order valence-electron chi connectivity index (χ1n) is 11.6. The van der Waals surface area contributed by atoms with E-state index in [1.165, 1.54) is 11.8 Å². The molecule has 190 valence electrons. The summed E-state index contributed by atoms with van der Waals surface area (Å²) in [5.74, 6) is 0.403. The second-order valence-corrected chi connectivity index (χ2v) is 11.4. The molecule has 2 amide bonds. The number of carbonyl (C=O) groups is 2. The van der Waals surface area contributed by atoms with Gasteiger partial charge in [0.1, 0.15) is 6.04 Å². The van der Waals surface area contributed by atoms with Crippen LogP contribution in [0.5, 0.6) is 0 Å². The minimum Gasteiger partial charge on any atom is -0.352 e. The van der Waals surface area contributed by atoms with Crippen LogP contribution in [0.1, 0.15) is 30.5 Å². The van der Waals surface area contributed by atoms with E-state index in [4.69, 9.17) is 23.2 Å². The highest BCUT2D eigenvalue weighted by atomic mass is 79.9. The van der Waals surface area contributed by atoms with Gasteiger partial charge >= 0.3 is 0 Å². The van der Waals surface area contributed by atoms with Crippen LogP contribution in [0.25, 0.3) is 0 Å². The van der Waals surface area contributed by atoms with Crippen LogP contribution in [-0.2, 0) is 28.3 Å². The SMILES string of the molecule is CC(C)NC(=O)C(Cc1ccccc1)N(Cc1ccc(Br)cc1)C(=O)CSCc1c(Cl)cccc1Cl. The number of amides is 2. The highest BCUT2D eigenvalue weighted by Gasteiger charge is 2.30. The summed E-state index contributed by atoms with van der Waals surface area (Å²) >= 11 is 17.5. The van der Waals surface area contributed by atoms with Crippen LogP contribution in [-0.4, -0.2) is 34.6 Å². The normalized spacial score (nSPS) is 11.8.